The summed E-state index contributed by atoms with van der Waals surface area (Å²) in [6, 6.07) is 3.27. The van der Waals surface area contributed by atoms with E-state index in [-0.39, 0.29) is 12.3 Å². The zero-order valence-electron chi connectivity index (χ0n) is 23.1. The minimum absolute atomic E-state index is 0.0657. The van der Waals surface area contributed by atoms with Crippen LogP contribution in [-0.4, -0.2) is 105 Å². The van der Waals surface area contributed by atoms with Gasteiger partial charge >= 0.3 is 5.97 Å². The van der Waals surface area contributed by atoms with Crippen LogP contribution in [0.5, 0.6) is 0 Å². The molecule has 0 aliphatic carbocycles. The lowest BCUT2D eigenvalue weighted by atomic mass is 9.98. The first-order valence-electron chi connectivity index (χ1n) is 12.8. The number of amides is 3. The Balaban J connectivity index is 2.96. The number of benzene rings is 1. The van der Waals surface area contributed by atoms with Crippen molar-refractivity contribution in [1.82, 2.24) is 16.0 Å². The van der Waals surface area contributed by atoms with Crippen LogP contribution < -0.4 is 21.7 Å². The maximum atomic E-state index is 13.0. The van der Waals surface area contributed by atoms with Gasteiger partial charge in [-0.15, -0.1) is 0 Å². The molecule has 0 spiro atoms. The quantitative estimate of drug-likeness (QED) is 0.0971. The monoisotopic (exact) mass is 570 g/mol. The molecule has 1 rings (SSSR count). The number of hydrogen-bond donors (Lipinski definition) is 9. The van der Waals surface area contributed by atoms with Gasteiger partial charge in [-0.3, -0.25) is 19.2 Å². The molecule has 3 amide bonds. The average molecular weight is 571 g/mol. The molecule has 0 fully saturated rings. The Morgan fingerprint density at radius 1 is 0.900 bits per heavy atom. The Bertz CT molecular complexity index is 964. The van der Waals surface area contributed by atoms with Gasteiger partial charge in [0.1, 0.15) is 24.3 Å². The highest BCUT2D eigenvalue weighted by Crippen LogP contribution is 2.18. The summed E-state index contributed by atoms with van der Waals surface area (Å²) < 4.78 is 5.04. The van der Waals surface area contributed by atoms with E-state index in [1.165, 1.54) is 7.11 Å². The van der Waals surface area contributed by atoms with Gasteiger partial charge in [0.05, 0.1) is 31.2 Å². The van der Waals surface area contributed by atoms with Gasteiger partial charge in [-0.25, -0.2) is 0 Å². The van der Waals surface area contributed by atoms with E-state index in [4.69, 9.17) is 10.5 Å². The maximum absolute atomic E-state index is 13.0. The predicted molar refractivity (Wildman–Crippen MR) is 142 cm³/mol. The highest BCUT2D eigenvalue weighted by Gasteiger charge is 2.38. The van der Waals surface area contributed by atoms with E-state index < -0.39 is 85.3 Å². The Kier molecular flexibility index (Phi) is 14.7. The zero-order chi connectivity index (χ0) is 30.6. The summed E-state index contributed by atoms with van der Waals surface area (Å²) in [7, 11) is 1.37. The number of hydrogen-bond acceptors (Lipinski definition) is 10. The molecule has 0 aromatic heterocycles. The first-order valence-corrected chi connectivity index (χ1v) is 12.8. The molecule has 1 aromatic rings. The van der Waals surface area contributed by atoms with Gasteiger partial charge in [0, 0.05) is 7.11 Å². The Labute approximate surface area is 232 Å². The average Bonchev–Trinajstić information content (AvgIpc) is 2.92. The molecule has 0 saturated carbocycles. The Morgan fingerprint density at radius 2 is 1.50 bits per heavy atom. The van der Waals surface area contributed by atoms with Crippen molar-refractivity contribution < 1.29 is 49.4 Å². The van der Waals surface area contributed by atoms with Gasteiger partial charge in [-0.2, -0.15) is 0 Å². The lowest BCUT2D eigenvalue weighted by Gasteiger charge is -2.31. The summed E-state index contributed by atoms with van der Waals surface area (Å²) in [6.07, 6.45) is -7.47. The van der Waals surface area contributed by atoms with Crippen molar-refractivity contribution in [2.24, 2.45) is 11.7 Å². The van der Waals surface area contributed by atoms with Crippen LogP contribution in [0.1, 0.15) is 45.2 Å². The van der Waals surface area contributed by atoms with Crippen LogP contribution >= 0.6 is 0 Å². The summed E-state index contributed by atoms with van der Waals surface area (Å²) in [5.41, 5.74) is 6.28. The second kappa shape index (κ2) is 16.8. The third-order valence-corrected chi connectivity index (χ3v) is 6.30. The lowest BCUT2D eigenvalue weighted by Crippen LogP contribution is -2.60. The fraction of sp³-hybridized carbons (Fsp3) is 0.615. The Morgan fingerprint density at radius 3 is 2.00 bits per heavy atom. The van der Waals surface area contributed by atoms with Crippen molar-refractivity contribution in [1.29, 1.82) is 0 Å². The van der Waals surface area contributed by atoms with E-state index in [1.807, 2.05) is 0 Å². The fourth-order valence-electron chi connectivity index (χ4n) is 3.80. The molecule has 0 heterocycles. The van der Waals surface area contributed by atoms with Crippen LogP contribution in [-0.2, 0) is 23.9 Å². The highest BCUT2D eigenvalue weighted by molar-refractivity contribution is 5.90. The van der Waals surface area contributed by atoms with Crippen LogP contribution in [0, 0.1) is 5.92 Å². The minimum Gasteiger partial charge on any atom is -0.481 e. The summed E-state index contributed by atoms with van der Waals surface area (Å²) in [5, 5.41) is 57.6. The number of nitrogens with one attached hydrogen (secondary N) is 3. The van der Waals surface area contributed by atoms with E-state index >= 15 is 0 Å². The van der Waals surface area contributed by atoms with E-state index in [0.29, 0.717) is 5.56 Å². The van der Waals surface area contributed by atoms with Crippen molar-refractivity contribution in [3.05, 3.63) is 35.9 Å². The molecular weight excluding hydrogens is 528 g/mol. The lowest BCUT2D eigenvalue weighted by molar-refractivity contribution is -0.145. The van der Waals surface area contributed by atoms with Crippen molar-refractivity contribution in [2.75, 3.05) is 13.7 Å². The molecule has 8 atom stereocenters. The third kappa shape index (κ3) is 10.8. The van der Waals surface area contributed by atoms with Gasteiger partial charge in [0.2, 0.25) is 11.8 Å². The standard InChI is InChI=1S/C26H42N4O10/c1-13(2)10-17(29-25(38)20(27)14(3)40-4)24(37)30-18(12-31)21(34)22(35)23(36)26(39)28-16(11-19(32)33)15-8-6-5-7-9-15/h5-9,13-14,16-18,20-23,31,34-36H,10-12,27H2,1-4H3,(H,28,39)(H,29,38)(H,30,37)(H,32,33)/t14-,16+,17+,18+,20+,21-,22-,23+/m1/s1. The molecule has 0 aliphatic heterocycles. The van der Waals surface area contributed by atoms with Crippen molar-refractivity contribution in [3.63, 3.8) is 0 Å². The predicted octanol–water partition coefficient (Wildman–Crippen LogP) is -2.23. The van der Waals surface area contributed by atoms with Crippen LogP contribution in [0.3, 0.4) is 0 Å². The number of rotatable bonds is 17. The fourth-order valence-corrected chi connectivity index (χ4v) is 3.80. The molecule has 0 unspecified atom stereocenters. The molecule has 1 aromatic carbocycles. The number of carbonyl (C=O) groups is 4. The number of aliphatic carboxylic acids is 1. The molecular formula is C26H42N4O10. The molecule has 14 nitrogen and oxygen atoms in total. The number of aliphatic hydroxyl groups excluding tert-OH is 4. The van der Waals surface area contributed by atoms with Crippen molar-refractivity contribution in [2.45, 2.75) is 82.2 Å². The SMILES string of the molecule is CO[C@H](C)[C@H](N)C(=O)N[C@@H](CC(C)C)C(=O)N[C@@H](CO)[C@@H](O)[C@@H](O)[C@H](O)C(=O)N[C@@H](CC(=O)O)c1ccccc1. The summed E-state index contributed by atoms with van der Waals surface area (Å²) in [5.74, 6) is -3.96. The maximum Gasteiger partial charge on any atom is 0.305 e. The second-order valence-corrected chi connectivity index (χ2v) is 9.95. The zero-order valence-corrected chi connectivity index (χ0v) is 23.1. The van der Waals surface area contributed by atoms with Gasteiger partial charge in [0.15, 0.2) is 6.10 Å². The Hall–Kier alpha value is -3.14. The number of ether oxygens (including phenoxy) is 1. The molecule has 0 aliphatic rings. The summed E-state index contributed by atoms with van der Waals surface area (Å²) in [6.45, 7) is 4.28. The van der Waals surface area contributed by atoms with E-state index in [9.17, 15) is 44.7 Å². The molecule has 40 heavy (non-hydrogen) atoms. The number of carbonyl (C=O) groups excluding carboxylic acids is 3. The molecule has 10 N–H and O–H groups in total. The number of carboxylic acids is 1. The molecule has 226 valence electrons. The van der Waals surface area contributed by atoms with Crippen LogP contribution in [0.2, 0.25) is 0 Å². The van der Waals surface area contributed by atoms with Gasteiger partial charge < -0.3 is 52.0 Å². The molecule has 0 radical (unpaired) electrons. The number of carboxylic acid groups (broad SMARTS) is 1. The summed E-state index contributed by atoms with van der Waals surface area (Å²) in [4.78, 5) is 49.4. The first kappa shape index (κ1) is 34.9. The van der Waals surface area contributed by atoms with Crippen LogP contribution in [0.15, 0.2) is 30.3 Å². The third-order valence-electron chi connectivity index (χ3n) is 6.30. The normalized spacial score (nSPS) is 17.4. The molecule has 14 heteroatoms. The smallest absolute Gasteiger partial charge is 0.305 e. The summed E-state index contributed by atoms with van der Waals surface area (Å²) >= 11 is 0. The van der Waals surface area contributed by atoms with Crippen LogP contribution in [0.4, 0.5) is 0 Å². The van der Waals surface area contributed by atoms with Gasteiger partial charge in [-0.05, 0) is 24.8 Å². The minimum atomic E-state index is -2.25. The number of nitrogens with two attached hydrogens (primary N) is 1. The largest absolute Gasteiger partial charge is 0.481 e. The second-order valence-electron chi connectivity index (χ2n) is 9.95. The topological polar surface area (TPSA) is 241 Å². The highest BCUT2D eigenvalue weighted by atomic mass is 16.5. The number of methoxy groups -OCH3 is 1. The van der Waals surface area contributed by atoms with Gasteiger partial charge in [-0.1, -0.05) is 44.2 Å². The van der Waals surface area contributed by atoms with Gasteiger partial charge in [0.25, 0.3) is 5.91 Å². The first-order chi connectivity index (χ1) is 18.7. The van der Waals surface area contributed by atoms with E-state index in [0.717, 1.165) is 0 Å². The van der Waals surface area contributed by atoms with Crippen LogP contribution in [0.25, 0.3) is 0 Å². The number of aliphatic hydroxyl groups is 4. The molecule has 0 bridgehead atoms. The van der Waals surface area contributed by atoms with Crippen molar-refractivity contribution >= 4 is 23.7 Å². The van der Waals surface area contributed by atoms with E-state index in [2.05, 4.69) is 16.0 Å². The van der Waals surface area contributed by atoms with Crippen molar-refractivity contribution in [3.8, 4) is 0 Å². The van der Waals surface area contributed by atoms with E-state index in [1.54, 1.807) is 51.1 Å². The molecule has 0 saturated heterocycles.